The molecule has 16 heavy (non-hydrogen) atoms. The first kappa shape index (κ1) is 10.8. The maximum Gasteiger partial charge on any atom is 0.352 e. The van der Waals surface area contributed by atoms with Gasteiger partial charge in [-0.2, -0.15) is 0 Å². The summed E-state index contributed by atoms with van der Waals surface area (Å²) in [5.41, 5.74) is 0.790. The third-order valence-electron chi connectivity index (χ3n) is 2.09. The molecule has 0 fully saturated rings. The molecule has 84 valence electrons. The summed E-state index contributed by atoms with van der Waals surface area (Å²) in [7, 11) is 0. The zero-order valence-electron chi connectivity index (χ0n) is 8.48. The number of hydrogen-bond acceptors (Lipinski definition) is 3. The second-order valence-corrected chi connectivity index (χ2v) is 3.84. The highest BCUT2D eigenvalue weighted by Crippen LogP contribution is 2.16. The number of hydrogen-bond donors (Lipinski definition) is 1. The number of rotatable bonds is 3. The summed E-state index contributed by atoms with van der Waals surface area (Å²) >= 11 is 5.75. The van der Waals surface area contributed by atoms with Gasteiger partial charge in [0.2, 0.25) is 0 Å². The molecule has 0 aliphatic carbocycles. The number of aryl methyl sites for hydroxylation is 1. The predicted octanol–water partition coefficient (Wildman–Crippen LogP) is 2.18. The predicted molar refractivity (Wildman–Crippen MR) is 56.7 cm³/mol. The SMILES string of the molecule is Cc1cc(Cn2cc(Cl)cc2C(=O)O)no1. The van der Waals surface area contributed by atoms with Crippen LogP contribution in [0.5, 0.6) is 0 Å². The van der Waals surface area contributed by atoms with E-state index in [2.05, 4.69) is 5.16 Å². The van der Waals surface area contributed by atoms with Crippen LogP contribution >= 0.6 is 11.6 Å². The Balaban J connectivity index is 2.30. The molecule has 2 aromatic rings. The minimum absolute atomic E-state index is 0.130. The van der Waals surface area contributed by atoms with Crippen LogP contribution in [-0.4, -0.2) is 20.8 Å². The van der Waals surface area contributed by atoms with Gasteiger partial charge in [-0.3, -0.25) is 0 Å². The minimum atomic E-state index is -1.02. The van der Waals surface area contributed by atoms with E-state index in [4.69, 9.17) is 21.2 Å². The number of aromatic nitrogens is 2. The number of carboxylic acids is 1. The molecule has 5 nitrogen and oxygen atoms in total. The molecule has 0 aliphatic rings. The lowest BCUT2D eigenvalue weighted by Gasteiger charge is -2.01. The van der Waals surface area contributed by atoms with Gasteiger partial charge in [0.1, 0.15) is 17.1 Å². The fraction of sp³-hybridized carbons (Fsp3) is 0.200. The molecular weight excluding hydrogens is 232 g/mol. The molecule has 0 radical (unpaired) electrons. The fourth-order valence-corrected chi connectivity index (χ4v) is 1.67. The van der Waals surface area contributed by atoms with Gasteiger partial charge < -0.3 is 14.2 Å². The van der Waals surface area contributed by atoms with Crippen LogP contribution in [0.15, 0.2) is 22.9 Å². The van der Waals surface area contributed by atoms with Crippen LogP contribution in [0.1, 0.15) is 21.9 Å². The molecule has 0 bridgehead atoms. The van der Waals surface area contributed by atoms with Crippen LogP contribution in [0.4, 0.5) is 0 Å². The van der Waals surface area contributed by atoms with E-state index in [1.807, 2.05) is 0 Å². The zero-order chi connectivity index (χ0) is 11.7. The average molecular weight is 241 g/mol. The highest BCUT2D eigenvalue weighted by atomic mass is 35.5. The van der Waals surface area contributed by atoms with Gasteiger partial charge in [0.05, 0.1) is 11.6 Å². The topological polar surface area (TPSA) is 68.3 Å². The number of aromatic carboxylic acids is 1. The molecule has 0 aromatic carbocycles. The summed E-state index contributed by atoms with van der Waals surface area (Å²) in [6, 6.07) is 3.15. The van der Waals surface area contributed by atoms with Gasteiger partial charge in [-0.15, -0.1) is 0 Å². The Hall–Kier alpha value is -1.75. The van der Waals surface area contributed by atoms with Gasteiger partial charge >= 0.3 is 5.97 Å². The normalized spacial score (nSPS) is 10.6. The van der Waals surface area contributed by atoms with Gasteiger partial charge in [0.15, 0.2) is 0 Å². The van der Waals surface area contributed by atoms with E-state index in [0.717, 1.165) is 0 Å². The van der Waals surface area contributed by atoms with Crippen LogP contribution in [0, 0.1) is 6.92 Å². The van der Waals surface area contributed by atoms with Gasteiger partial charge in [-0.25, -0.2) is 4.79 Å². The Kier molecular flexibility index (Phi) is 2.70. The van der Waals surface area contributed by atoms with Crippen LogP contribution in [0.25, 0.3) is 0 Å². The Labute approximate surface area is 96.2 Å². The van der Waals surface area contributed by atoms with E-state index in [1.54, 1.807) is 19.2 Å². The van der Waals surface area contributed by atoms with Crippen LogP contribution in [0.3, 0.4) is 0 Å². The molecule has 0 spiro atoms. The average Bonchev–Trinajstić information content (AvgIpc) is 2.74. The van der Waals surface area contributed by atoms with Crippen molar-refractivity contribution in [2.45, 2.75) is 13.5 Å². The largest absolute Gasteiger partial charge is 0.477 e. The Morgan fingerprint density at radius 1 is 1.62 bits per heavy atom. The second kappa shape index (κ2) is 4.02. The van der Waals surface area contributed by atoms with E-state index in [1.165, 1.54) is 10.6 Å². The summed E-state index contributed by atoms with van der Waals surface area (Å²) in [4.78, 5) is 10.9. The van der Waals surface area contributed by atoms with E-state index in [0.29, 0.717) is 23.0 Å². The van der Waals surface area contributed by atoms with Crippen molar-refractivity contribution in [1.29, 1.82) is 0 Å². The molecule has 1 N–H and O–H groups in total. The number of nitrogens with zero attached hydrogens (tertiary/aromatic N) is 2. The molecule has 0 saturated carbocycles. The first-order valence-electron chi connectivity index (χ1n) is 4.57. The van der Waals surface area contributed by atoms with Crippen molar-refractivity contribution in [2.75, 3.05) is 0 Å². The van der Waals surface area contributed by atoms with Crippen molar-refractivity contribution in [3.8, 4) is 0 Å². The van der Waals surface area contributed by atoms with Gasteiger partial charge in [0.25, 0.3) is 0 Å². The minimum Gasteiger partial charge on any atom is -0.477 e. The highest BCUT2D eigenvalue weighted by molar-refractivity contribution is 6.30. The lowest BCUT2D eigenvalue weighted by atomic mass is 10.3. The molecule has 2 heterocycles. The molecule has 0 unspecified atom stereocenters. The third kappa shape index (κ3) is 2.09. The van der Waals surface area contributed by atoms with Crippen molar-refractivity contribution in [3.05, 3.63) is 40.5 Å². The lowest BCUT2D eigenvalue weighted by molar-refractivity contribution is 0.0685. The van der Waals surface area contributed by atoms with E-state index >= 15 is 0 Å². The van der Waals surface area contributed by atoms with Crippen LogP contribution in [-0.2, 0) is 6.54 Å². The maximum absolute atomic E-state index is 10.9. The van der Waals surface area contributed by atoms with Gasteiger partial charge in [-0.1, -0.05) is 16.8 Å². The van der Waals surface area contributed by atoms with Crippen LogP contribution in [0.2, 0.25) is 5.02 Å². The lowest BCUT2D eigenvalue weighted by Crippen LogP contribution is -2.08. The number of carbonyl (C=O) groups is 1. The van der Waals surface area contributed by atoms with Gasteiger partial charge in [-0.05, 0) is 13.0 Å². The van der Waals surface area contributed by atoms with E-state index < -0.39 is 5.97 Å². The smallest absolute Gasteiger partial charge is 0.352 e. The van der Waals surface area contributed by atoms with Crippen molar-refractivity contribution < 1.29 is 14.4 Å². The van der Waals surface area contributed by atoms with E-state index in [9.17, 15) is 4.79 Å². The van der Waals surface area contributed by atoms with Crippen molar-refractivity contribution >= 4 is 17.6 Å². The molecular formula is C10H9ClN2O3. The molecule has 0 atom stereocenters. The maximum atomic E-state index is 10.9. The van der Waals surface area contributed by atoms with E-state index in [-0.39, 0.29) is 5.69 Å². The molecule has 0 amide bonds. The molecule has 0 aliphatic heterocycles. The summed E-state index contributed by atoms with van der Waals surface area (Å²) in [6.45, 7) is 2.10. The molecule has 6 heteroatoms. The second-order valence-electron chi connectivity index (χ2n) is 3.41. The Morgan fingerprint density at radius 2 is 2.38 bits per heavy atom. The Bertz CT molecular complexity index is 530. The standard InChI is InChI=1S/C10H9ClN2O3/c1-6-2-8(12-16-6)5-13-4-7(11)3-9(13)10(14)15/h2-4H,5H2,1H3,(H,14,15). The van der Waals surface area contributed by atoms with Crippen molar-refractivity contribution in [2.24, 2.45) is 0 Å². The summed E-state index contributed by atoms with van der Waals surface area (Å²) < 4.78 is 6.42. The first-order chi connectivity index (χ1) is 7.56. The number of carboxylic acid groups (broad SMARTS) is 1. The molecule has 0 saturated heterocycles. The zero-order valence-corrected chi connectivity index (χ0v) is 9.23. The fourth-order valence-electron chi connectivity index (χ4n) is 1.45. The summed E-state index contributed by atoms with van der Waals surface area (Å²) in [5, 5.41) is 13.1. The molecule has 2 aromatic heterocycles. The third-order valence-corrected chi connectivity index (χ3v) is 2.30. The van der Waals surface area contributed by atoms with Crippen LogP contribution < -0.4 is 0 Å². The summed E-state index contributed by atoms with van der Waals surface area (Å²) in [5.74, 6) is -0.336. The van der Waals surface area contributed by atoms with Crippen molar-refractivity contribution in [3.63, 3.8) is 0 Å². The monoisotopic (exact) mass is 240 g/mol. The summed E-state index contributed by atoms with van der Waals surface area (Å²) in [6.07, 6.45) is 1.55. The Morgan fingerprint density at radius 3 is 2.94 bits per heavy atom. The highest BCUT2D eigenvalue weighted by Gasteiger charge is 2.13. The first-order valence-corrected chi connectivity index (χ1v) is 4.95. The van der Waals surface area contributed by atoms with Crippen molar-refractivity contribution in [1.82, 2.24) is 9.72 Å². The van der Waals surface area contributed by atoms with Gasteiger partial charge in [0, 0.05) is 12.3 Å². The quantitative estimate of drug-likeness (QED) is 0.893. The molecule has 2 rings (SSSR count). The number of halogens is 1.